The van der Waals surface area contributed by atoms with Crippen LogP contribution in [0.1, 0.15) is 31.4 Å². The van der Waals surface area contributed by atoms with Gasteiger partial charge in [0.15, 0.2) is 5.96 Å². The van der Waals surface area contributed by atoms with Gasteiger partial charge in [-0.2, -0.15) is 0 Å². The Morgan fingerprint density at radius 3 is 2.34 bits per heavy atom. The molecule has 4 amide bonds. The predicted octanol–water partition coefficient (Wildman–Crippen LogP) is -4.23. The molecule has 0 radical (unpaired) electrons. The van der Waals surface area contributed by atoms with Crippen LogP contribution in [0.25, 0.3) is 0 Å². The first kappa shape index (κ1) is 28.8. The third-order valence-corrected chi connectivity index (χ3v) is 4.65. The molecule has 0 aliphatic rings. The van der Waals surface area contributed by atoms with Gasteiger partial charge in [0, 0.05) is 31.3 Å². The molecular weight excluding hydrogens is 464 g/mol. The summed E-state index contributed by atoms with van der Waals surface area (Å²) < 4.78 is 0. The Kier molecular flexibility index (Phi) is 12.2. The van der Waals surface area contributed by atoms with Gasteiger partial charge in [0.05, 0.1) is 18.9 Å². The summed E-state index contributed by atoms with van der Waals surface area (Å²) in [5.74, 6) is -4.32. The smallest absolute Gasteiger partial charge is 0.326 e. The molecule has 35 heavy (non-hydrogen) atoms. The Bertz CT molecular complexity index is 900. The minimum Gasteiger partial charge on any atom is -0.480 e. The van der Waals surface area contributed by atoms with E-state index >= 15 is 0 Å². The number of H-pyrrole nitrogens is 1. The third-order valence-electron chi connectivity index (χ3n) is 4.65. The number of carboxylic acid groups (broad SMARTS) is 1. The van der Waals surface area contributed by atoms with Crippen LogP contribution in [-0.2, 0) is 30.4 Å². The molecule has 1 rings (SSSR count). The van der Waals surface area contributed by atoms with E-state index in [0.717, 1.165) is 0 Å². The first-order valence-electron chi connectivity index (χ1n) is 10.7. The van der Waals surface area contributed by atoms with Crippen LogP contribution in [-0.4, -0.2) is 81.8 Å². The number of carbonyl (C=O) groups excluding carboxylic acids is 4. The van der Waals surface area contributed by atoms with Crippen LogP contribution < -0.4 is 38.9 Å². The molecule has 0 aliphatic carbocycles. The minimum absolute atomic E-state index is 0.0529. The zero-order valence-corrected chi connectivity index (χ0v) is 19.0. The van der Waals surface area contributed by atoms with Crippen LogP contribution in [0.4, 0.5) is 0 Å². The third kappa shape index (κ3) is 12.0. The van der Waals surface area contributed by atoms with Crippen molar-refractivity contribution in [1.82, 2.24) is 25.9 Å². The lowest BCUT2D eigenvalue weighted by Crippen LogP contribution is -2.54. The minimum atomic E-state index is -1.27. The van der Waals surface area contributed by atoms with Crippen molar-refractivity contribution >= 4 is 35.6 Å². The van der Waals surface area contributed by atoms with Crippen LogP contribution in [0.5, 0.6) is 0 Å². The van der Waals surface area contributed by atoms with Gasteiger partial charge in [-0.15, -0.1) is 0 Å². The number of aliphatic carboxylic acids is 1. The molecule has 0 aliphatic heterocycles. The van der Waals surface area contributed by atoms with E-state index in [4.69, 9.17) is 22.9 Å². The highest BCUT2D eigenvalue weighted by atomic mass is 16.4. The second-order valence-electron chi connectivity index (χ2n) is 7.58. The van der Waals surface area contributed by atoms with E-state index in [-0.39, 0.29) is 38.2 Å². The number of aliphatic imine (C=N–C) groups is 1. The summed E-state index contributed by atoms with van der Waals surface area (Å²) in [6, 6.07) is -3.44. The van der Waals surface area contributed by atoms with Crippen molar-refractivity contribution < 1.29 is 29.1 Å². The Morgan fingerprint density at radius 2 is 1.77 bits per heavy atom. The molecular formula is C19H32N10O6. The molecule has 3 atom stereocenters. The van der Waals surface area contributed by atoms with Gasteiger partial charge in [0.1, 0.15) is 12.1 Å². The summed E-state index contributed by atoms with van der Waals surface area (Å²) in [5.41, 5.74) is 22.0. The van der Waals surface area contributed by atoms with E-state index < -0.39 is 54.3 Å². The maximum absolute atomic E-state index is 12.6. The lowest BCUT2D eigenvalue weighted by atomic mass is 10.1. The normalized spacial score (nSPS) is 13.1. The van der Waals surface area contributed by atoms with Crippen molar-refractivity contribution in [3.63, 3.8) is 0 Å². The first-order valence-corrected chi connectivity index (χ1v) is 10.7. The molecule has 16 heteroatoms. The average Bonchev–Trinajstić information content (AvgIpc) is 3.29. The molecule has 1 aromatic heterocycles. The number of amides is 4. The van der Waals surface area contributed by atoms with E-state index in [2.05, 4.69) is 30.9 Å². The number of primary amides is 1. The Labute approximate surface area is 200 Å². The van der Waals surface area contributed by atoms with E-state index in [0.29, 0.717) is 12.1 Å². The zero-order valence-electron chi connectivity index (χ0n) is 19.0. The van der Waals surface area contributed by atoms with Crippen molar-refractivity contribution in [3.8, 4) is 0 Å². The highest BCUT2D eigenvalue weighted by Gasteiger charge is 2.26. The molecule has 1 heterocycles. The molecule has 0 saturated heterocycles. The summed E-state index contributed by atoms with van der Waals surface area (Å²) in [7, 11) is 0. The molecule has 3 unspecified atom stereocenters. The lowest BCUT2D eigenvalue weighted by Gasteiger charge is -2.20. The summed E-state index contributed by atoms with van der Waals surface area (Å²) in [4.78, 5) is 70.0. The van der Waals surface area contributed by atoms with Crippen molar-refractivity contribution in [2.45, 2.75) is 50.2 Å². The zero-order chi connectivity index (χ0) is 26.4. The average molecular weight is 497 g/mol. The van der Waals surface area contributed by atoms with Gasteiger partial charge < -0.3 is 49.0 Å². The second kappa shape index (κ2) is 14.8. The van der Waals surface area contributed by atoms with Gasteiger partial charge in [-0.3, -0.25) is 24.2 Å². The number of hydrogen-bond acceptors (Lipinski definition) is 8. The standard InChI is InChI=1S/C19H32N10O6/c20-11(6-10-7-24-9-27-10)16(32)29-12(3-4-14(21)30)17(33)26-8-15(31)28-13(18(34)35)2-1-5-25-19(22)23/h7,9,11-13H,1-6,8,20H2,(H2,21,30)(H,24,27)(H,26,33)(H,28,31)(H,29,32)(H,34,35)(H4,22,23,25). The molecule has 194 valence electrons. The van der Waals surface area contributed by atoms with Crippen LogP contribution in [0.3, 0.4) is 0 Å². The van der Waals surface area contributed by atoms with Crippen molar-refractivity contribution in [1.29, 1.82) is 0 Å². The number of aromatic amines is 1. The fourth-order valence-electron chi connectivity index (χ4n) is 2.86. The molecule has 13 N–H and O–H groups in total. The van der Waals surface area contributed by atoms with Crippen LogP contribution in [0.2, 0.25) is 0 Å². The predicted molar refractivity (Wildman–Crippen MR) is 123 cm³/mol. The number of carboxylic acids is 1. The number of nitrogens with one attached hydrogen (secondary N) is 4. The van der Waals surface area contributed by atoms with Gasteiger partial charge in [-0.1, -0.05) is 0 Å². The Balaban J connectivity index is 2.63. The molecule has 16 nitrogen and oxygen atoms in total. The molecule has 0 spiro atoms. The highest BCUT2D eigenvalue weighted by molar-refractivity contribution is 5.93. The number of hydrogen-bond donors (Lipinski definition) is 9. The van der Waals surface area contributed by atoms with E-state index in [1.807, 2.05) is 0 Å². The van der Waals surface area contributed by atoms with Gasteiger partial charge in [-0.05, 0) is 19.3 Å². The quantitative estimate of drug-likeness (QED) is 0.0603. The topological polar surface area (TPSA) is 287 Å². The van der Waals surface area contributed by atoms with E-state index in [1.54, 1.807) is 0 Å². The van der Waals surface area contributed by atoms with Gasteiger partial charge in [0.2, 0.25) is 23.6 Å². The number of carbonyl (C=O) groups is 5. The first-order chi connectivity index (χ1) is 16.5. The molecule has 1 aromatic rings. The molecule has 0 fully saturated rings. The molecule has 0 aromatic carbocycles. The van der Waals surface area contributed by atoms with Crippen molar-refractivity contribution in [2.24, 2.45) is 27.9 Å². The number of aromatic nitrogens is 2. The van der Waals surface area contributed by atoms with E-state index in [1.165, 1.54) is 12.5 Å². The van der Waals surface area contributed by atoms with Gasteiger partial charge in [0.25, 0.3) is 0 Å². The van der Waals surface area contributed by atoms with Crippen LogP contribution in [0, 0.1) is 0 Å². The van der Waals surface area contributed by atoms with Crippen molar-refractivity contribution in [2.75, 3.05) is 13.1 Å². The lowest BCUT2D eigenvalue weighted by molar-refractivity contribution is -0.142. The maximum atomic E-state index is 12.6. The highest BCUT2D eigenvalue weighted by Crippen LogP contribution is 2.02. The summed E-state index contributed by atoms with van der Waals surface area (Å²) >= 11 is 0. The molecule has 0 saturated carbocycles. The van der Waals surface area contributed by atoms with E-state index in [9.17, 15) is 29.1 Å². The number of nitrogens with two attached hydrogens (primary N) is 4. The largest absolute Gasteiger partial charge is 0.480 e. The number of imidazole rings is 1. The number of rotatable bonds is 16. The summed E-state index contributed by atoms with van der Waals surface area (Å²) in [6.07, 6.45) is 3.05. The van der Waals surface area contributed by atoms with Crippen LogP contribution >= 0.6 is 0 Å². The Morgan fingerprint density at radius 1 is 1.06 bits per heavy atom. The molecule has 0 bridgehead atoms. The summed E-state index contributed by atoms with van der Waals surface area (Å²) in [6.45, 7) is -0.387. The maximum Gasteiger partial charge on any atom is 0.326 e. The number of nitrogens with zero attached hydrogens (tertiary/aromatic N) is 2. The summed E-state index contributed by atoms with van der Waals surface area (Å²) in [5, 5.41) is 16.3. The van der Waals surface area contributed by atoms with Crippen molar-refractivity contribution in [3.05, 3.63) is 18.2 Å². The fraction of sp³-hybridized carbons (Fsp3) is 0.526. The second-order valence-corrected chi connectivity index (χ2v) is 7.58. The van der Waals surface area contributed by atoms with Crippen LogP contribution in [0.15, 0.2) is 17.5 Å². The fourth-order valence-corrected chi connectivity index (χ4v) is 2.86. The monoisotopic (exact) mass is 496 g/mol. The Hall–Kier alpha value is -4.21. The van der Waals surface area contributed by atoms with Gasteiger partial charge in [-0.25, -0.2) is 9.78 Å². The number of guanidine groups is 1. The SMILES string of the molecule is NC(=O)CCC(NC(=O)C(N)Cc1cnc[nH]1)C(=O)NCC(=O)NC(CCCN=C(N)N)C(=O)O. The van der Waals surface area contributed by atoms with Gasteiger partial charge >= 0.3 is 5.97 Å².